The van der Waals surface area contributed by atoms with Crippen molar-refractivity contribution in [2.75, 3.05) is 19.5 Å². The second-order valence-corrected chi connectivity index (χ2v) is 4.37. The highest BCUT2D eigenvalue weighted by Crippen LogP contribution is 2.18. The van der Waals surface area contributed by atoms with E-state index in [1.54, 1.807) is 25.3 Å². The number of hydrogen-bond acceptors (Lipinski definition) is 3. The van der Waals surface area contributed by atoms with E-state index in [0.717, 1.165) is 11.3 Å². The van der Waals surface area contributed by atoms with Crippen LogP contribution in [-0.4, -0.2) is 20.1 Å². The summed E-state index contributed by atoms with van der Waals surface area (Å²) in [6.45, 7) is 0.703. The van der Waals surface area contributed by atoms with E-state index in [1.165, 1.54) is 0 Å². The van der Waals surface area contributed by atoms with Crippen molar-refractivity contribution < 1.29 is 9.53 Å². The minimum atomic E-state index is -0.146. The fraction of sp³-hybridized carbons (Fsp3) is 0.188. The SMILES string of the molecule is CNCc1ccccc1NC(=O)c1cccc(OC)c1. The molecule has 0 aliphatic rings. The second kappa shape index (κ2) is 6.73. The number of nitrogens with one attached hydrogen (secondary N) is 2. The molecular formula is C16H18N2O2. The van der Waals surface area contributed by atoms with Gasteiger partial charge in [-0.1, -0.05) is 24.3 Å². The molecule has 2 aromatic carbocycles. The number of carbonyl (C=O) groups excluding carboxylic acids is 1. The van der Waals surface area contributed by atoms with Crippen LogP contribution in [0.2, 0.25) is 0 Å². The topological polar surface area (TPSA) is 50.4 Å². The Kier molecular flexibility index (Phi) is 4.74. The van der Waals surface area contributed by atoms with Crippen molar-refractivity contribution in [3.05, 3.63) is 59.7 Å². The maximum atomic E-state index is 12.3. The molecular weight excluding hydrogens is 252 g/mol. The van der Waals surface area contributed by atoms with Gasteiger partial charge in [0.05, 0.1) is 7.11 Å². The van der Waals surface area contributed by atoms with Crippen molar-refractivity contribution in [3.63, 3.8) is 0 Å². The molecule has 4 nitrogen and oxygen atoms in total. The zero-order valence-corrected chi connectivity index (χ0v) is 11.6. The summed E-state index contributed by atoms with van der Waals surface area (Å²) < 4.78 is 5.13. The molecule has 0 heterocycles. The number of hydrogen-bond donors (Lipinski definition) is 2. The van der Waals surface area contributed by atoms with E-state index in [-0.39, 0.29) is 5.91 Å². The summed E-state index contributed by atoms with van der Waals surface area (Å²) in [5.74, 6) is 0.522. The highest BCUT2D eigenvalue weighted by Gasteiger charge is 2.09. The van der Waals surface area contributed by atoms with Crippen molar-refractivity contribution in [2.45, 2.75) is 6.54 Å². The number of benzene rings is 2. The zero-order chi connectivity index (χ0) is 14.4. The number of ether oxygens (including phenoxy) is 1. The van der Waals surface area contributed by atoms with Crippen LogP contribution in [0.4, 0.5) is 5.69 Å². The molecule has 0 aliphatic carbocycles. The smallest absolute Gasteiger partial charge is 0.255 e. The zero-order valence-electron chi connectivity index (χ0n) is 11.6. The van der Waals surface area contributed by atoms with E-state index in [4.69, 9.17) is 4.74 Å². The molecule has 0 spiro atoms. The molecule has 4 heteroatoms. The number of rotatable bonds is 5. The van der Waals surface area contributed by atoms with Gasteiger partial charge in [-0.2, -0.15) is 0 Å². The largest absolute Gasteiger partial charge is 0.497 e. The van der Waals surface area contributed by atoms with E-state index in [1.807, 2.05) is 37.4 Å². The Morgan fingerprint density at radius 2 is 1.95 bits per heavy atom. The lowest BCUT2D eigenvalue weighted by Crippen LogP contribution is -2.15. The van der Waals surface area contributed by atoms with Gasteiger partial charge in [-0.05, 0) is 36.9 Å². The standard InChI is InChI=1S/C16H18N2O2/c1-17-11-13-6-3-4-9-15(13)18-16(19)12-7-5-8-14(10-12)20-2/h3-10,17H,11H2,1-2H3,(H,18,19). The summed E-state index contributed by atoms with van der Waals surface area (Å²) >= 11 is 0. The third kappa shape index (κ3) is 3.36. The third-order valence-corrected chi connectivity index (χ3v) is 2.96. The van der Waals surface area contributed by atoms with Crippen molar-refractivity contribution in [2.24, 2.45) is 0 Å². The van der Waals surface area contributed by atoms with Crippen LogP contribution in [0.25, 0.3) is 0 Å². The first-order valence-electron chi connectivity index (χ1n) is 6.42. The average molecular weight is 270 g/mol. The summed E-state index contributed by atoms with van der Waals surface area (Å²) in [7, 11) is 3.46. The Morgan fingerprint density at radius 1 is 1.15 bits per heavy atom. The minimum Gasteiger partial charge on any atom is -0.497 e. The number of carbonyl (C=O) groups is 1. The predicted octanol–water partition coefficient (Wildman–Crippen LogP) is 2.67. The van der Waals surface area contributed by atoms with Gasteiger partial charge in [-0.25, -0.2) is 0 Å². The Balaban J connectivity index is 2.19. The summed E-state index contributed by atoms with van der Waals surface area (Å²) in [6.07, 6.45) is 0. The van der Waals surface area contributed by atoms with Gasteiger partial charge in [0.15, 0.2) is 0 Å². The molecule has 2 aromatic rings. The molecule has 0 aliphatic heterocycles. The maximum Gasteiger partial charge on any atom is 0.255 e. The van der Waals surface area contributed by atoms with Gasteiger partial charge < -0.3 is 15.4 Å². The lowest BCUT2D eigenvalue weighted by molar-refractivity contribution is 0.102. The lowest BCUT2D eigenvalue weighted by atomic mass is 10.1. The average Bonchev–Trinajstić information content (AvgIpc) is 2.49. The maximum absolute atomic E-state index is 12.3. The molecule has 0 saturated heterocycles. The van der Waals surface area contributed by atoms with Crippen LogP contribution >= 0.6 is 0 Å². The van der Waals surface area contributed by atoms with Gasteiger partial charge >= 0.3 is 0 Å². The number of anilines is 1. The number of amides is 1. The van der Waals surface area contributed by atoms with E-state index < -0.39 is 0 Å². The van der Waals surface area contributed by atoms with Crippen LogP contribution in [0, 0.1) is 0 Å². The van der Waals surface area contributed by atoms with Gasteiger partial charge in [0, 0.05) is 17.8 Å². The molecule has 20 heavy (non-hydrogen) atoms. The highest BCUT2D eigenvalue weighted by atomic mass is 16.5. The minimum absolute atomic E-state index is 0.146. The van der Waals surface area contributed by atoms with Gasteiger partial charge in [0.25, 0.3) is 5.91 Å². The molecule has 2 N–H and O–H groups in total. The highest BCUT2D eigenvalue weighted by molar-refractivity contribution is 6.04. The molecule has 1 amide bonds. The van der Waals surface area contributed by atoms with Crippen molar-refractivity contribution in [1.82, 2.24) is 5.32 Å². The number of methoxy groups -OCH3 is 1. The molecule has 0 unspecified atom stereocenters. The monoisotopic (exact) mass is 270 g/mol. The van der Waals surface area contributed by atoms with Crippen molar-refractivity contribution in [1.29, 1.82) is 0 Å². The van der Waals surface area contributed by atoms with E-state index in [9.17, 15) is 4.79 Å². The first kappa shape index (κ1) is 14.1. The van der Waals surface area contributed by atoms with Gasteiger partial charge in [-0.15, -0.1) is 0 Å². The molecule has 0 fully saturated rings. The number of para-hydroxylation sites is 1. The lowest BCUT2D eigenvalue weighted by Gasteiger charge is -2.11. The van der Waals surface area contributed by atoms with Gasteiger partial charge in [0.2, 0.25) is 0 Å². The molecule has 0 saturated carbocycles. The molecule has 0 aromatic heterocycles. The normalized spacial score (nSPS) is 10.1. The molecule has 0 bridgehead atoms. The Hall–Kier alpha value is -2.33. The second-order valence-electron chi connectivity index (χ2n) is 4.37. The van der Waals surface area contributed by atoms with Crippen molar-refractivity contribution >= 4 is 11.6 Å². The summed E-state index contributed by atoms with van der Waals surface area (Å²) in [4.78, 5) is 12.3. The Morgan fingerprint density at radius 3 is 2.70 bits per heavy atom. The van der Waals surface area contributed by atoms with Crippen LogP contribution in [0.1, 0.15) is 15.9 Å². The van der Waals surface area contributed by atoms with Crippen LogP contribution in [0.5, 0.6) is 5.75 Å². The van der Waals surface area contributed by atoms with E-state index in [0.29, 0.717) is 17.9 Å². The van der Waals surface area contributed by atoms with Gasteiger partial charge in [-0.3, -0.25) is 4.79 Å². The van der Waals surface area contributed by atoms with Gasteiger partial charge in [0.1, 0.15) is 5.75 Å². The van der Waals surface area contributed by atoms with Crippen LogP contribution < -0.4 is 15.4 Å². The molecule has 2 rings (SSSR count). The van der Waals surface area contributed by atoms with E-state index in [2.05, 4.69) is 10.6 Å². The summed E-state index contributed by atoms with van der Waals surface area (Å²) in [6, 6.07) is 14.8. The summed E-state index contributed by atoms with van der Waals surface area (Å²) in [5.41, 5.74) is 2.43. The Bertz CT molecular complexity index is 597. The first-order valence-corrected chi connectivity index (χ1v) is 6.42. The molecule has 0 atom stereocenters. The molecule has 0 radical (unpaired) electrons. The predicted molar refractivity (Wildman–Crippen MR) is 80.2 cm³/mol. The van der Waals surface area contributed by atoms with Crippen LogP contribution in [0.15, 0.2) is 48.5 Å². The quantitative estimate of drug-likeness (QED) is 0.878. The first-order chi connectivity index (χ1) is 9.74. The molecule has 104 valence electrons. The van der Waals surface area contributed by atoms with Crippen LogP contribution in [0.3, 0.4) is 0 Å². The van der Waals surface area contributed by atoms with Crippen LogP contribution in [-0.2, 0) is 6.54 Å². The fourth-order valence-electron chi connectivity index (χ4n) is 1.95. The summed E-state index contributed by atoms with van der Waals surface area (Å²) in [5, 5.41) is 6.01. The third-order valence-electron chi connectivity index (χ3n) is 2.96. The fourth-order valence-corrected chi connectivity index (χ4v) is 1.95. The van der Waals surface area contributed by atoms with Crippen molar-refractivity contribution in [3.8, 4) is 5.75 Å². The Labute approximate surface area is 118 Å². The van der Waals surface area contributed by atoms with E-state index >= 15 is 0 Å².